The van der Waals surface area contributed by atoms with E-state index < -0.39 is 12.1 Å². The van der Waals surface area contributed by atoms with Gasteiger partial charge in [0, 0.05) is 6.04 Å². The van der Waals surface area contributed by atoms with Gasteiger partial charge in [-0.15, -0.1) is 0 Å². The van der Waals surface area contributed by atoms with Gasteiger partial charge in [0.1, 0.15) is 0 Å². The standard InChI is InChI=1S/C11H20F3NO/c1-8(16)6-7-15-10-4-2-9(3-5-10)11(12,13)14/h8-10,15-16H,2-7H2,1H3. The van der Waals surface area contributed by atoms with Crippen LogP contribution >= 0.6 is 0 Å². The molecule has 2 N–H and O–H groups in total. The van der Waals surface area contributed by atoms with E-state index in [9.17, 15) is 13.2 Å². The van der Waals surface area contributed by atoms with Gasteiger partial charge in [0.2, 0.25) is 0 Å². The third-order valence-electron chi connectivity index (χ3n) is 3.19. The zero-order valence-electron chi connectivity index (χ0n) is 9.56. The number of nitrogens with one attached hydrogen (secondary N) is 1. The topological polar surface area (TPSA) is 32.3 Å². The maximum atomic E-state index is 12.4. The molecule has 0 aromatic carbocycles. The van der Waals surface area contributed by atoms with Crippen molar-refractivity contribution < 1.29 is 18.3 Å². The van der Waals surface area contributed by atoms with E-state index in [0.717, 1.165) is 0 Å². The molecule has 1 atom stereocenters. The highest BCUT2D eigenvalue weighted by atomic mass is 19.4. The zero-order chi connectivity index (χ0) is 12.2. The average molecular weight is 239 g/mol. The summed E-state index contributed by atoms with van der Waals surface area (Å²) in [6.07, 6.45) is -2.08. The van der Waals surface area contributed by atoms with Crippen molar-refractivity contribution in [1.29, 1.82) is 0 Å². The van der Waals surface area contributed by atoms with Gasteiger partial charge in [-0.05, 0) is 45.6 Å². The van der Waals surface area contributed by atoms with Gasteiger partial charge in [-0.1, -0.05) is 0 Å². The number of aliphatic hydroxyl groups is 1. The van der Waals surface area contributed by atoms with Gasteiger partial charge in [0.25, 0.3) is 0 Å². The van der Waals surface area contributed by atoms with Crippen molar-refractivity contribution in [3.05, 3.63) is 0 Å². The first kappa shape index (κ1) is 13.8. The van der Waals surface area contributed by atoms with Crippen LogP contribution in [-0.4, -0.2) is 30.0 Å². The molecular weight excluding hydrogens is 219 g/mol. The molecule has 0 saturated heterocycles. The van der Waals surface area contributed by atoms with Crippen LogP contribution in [0.3, 0.4) is 0 Å². The molecule has 0 aromatic heterocycles. The van der Waals surface area contributed by atoms with E-state index >= 15 is 0 Å². The molecule has 96 valence electrons. The van der Waals surface area contributed by atoms with Gasteiger partial charge >= 0.3 is 6.18 Å². The molecule has 0 bridgehead atoms. The van der Waals surface area contributed by atoms with Crippen molar-refractivity contribution >= 4 is 0 Å². The number of hydrogen-bond donors (Lipinski definition) is 2. The molecule has 1 fully saturated rings. The Morgan fingerprint density at radius 2 is 1.81 bits per heavy atom. The fourth-order valence-electron chi connectivity index (χ4n) is 2.12. The third kappa shape index (κ3) is 4.70. The van der Waals surface area contributed by atoms with E-state index in [0.29, 0.717) is 25.8 Å². The lowest BCUT2D eigenvalue weighted by atomic mass is 9.85. The number of aliphatic hydroxyl groups excluding tert-OH is 1. The summed E-state index contributed by atoms with van der Waals surface area (Å²) in [6, 6.07) is 0.192. The SMILES string of the molecule is CC(O)CCNC1CCC(C(F)(F)F)CC1. The second-order valence-corrected chi connectivity index (χ2v) is 4.68. The van der Waals surface area contributed by atoms with Gasteiger partial charge in [0.05, 0.1) is 12.0 Å². The summed E-state index contributed by atoms with van der Waals surface area (Å²) >= 11 is 0. The second-order valence-electron chi connectivity index (χ2n) is 4.68. The molecule has 16 heavy (non-hydrogen) atoms. The van der Waals surface area contributed by atoms with E-state index in [4.69, 9.17) is 5.11 Å². The molecule has 2 nitrogen and oxygen atoms in total. The van der Waals surface area contributed by atoms with E-state index in [1.807, 2.05) is 0 Å². The fourth-order valence-corrected chi connectivity index (χ4v) is 2.12. The summed E-state index contributed by atoms with van der Waals surface area (Å²) in [7, 11) is 0. The van der Waals surface area contributed by atoms with Gasteiger partial charge in [-0.2, -0.15) is 13.2 Å². The lowest BCUT2D eigenvalue weighted by Crippen LogP contribution is -2.37. The highest BCUT2D eigenvalue weighted by Gasteiger charge is 2.41. The van der Waals surface area contributed by atoms with Crippen LogP contribution in [0.4, 0.5) is 13.2 Å². The average Bonchev–Trinajstić information content (AvgIpc) is 2.16. The minimum atomic E-state index is -4.02. The summed E-state index contributed by atoms with van der Waals surface area (Å²) in [5.74, 6) is -1.11. The number of halogens is 3. The summed E-state index contributed by atoms with van der Waals surface area (Å²) < 4.78 is 37.1. The Labute approximate surface area is 94.2 Å². The first-order valence-electron chi connectivity index (χ1n) is 5.87. The molecule has 1 aliphatic rings. The molecule has 1 rings (SSSR count). The Kier molecular flexibility index (Phi) is 5.05. The predicted molar refractivity (Wildman–Crippen MR) is 56.1 cm³/mol. The Balaban J connectivity index is 2.17. The van der Waals surface area contributed by atoms with Crippen LogP contribution in [0.2, 0.25) is 0 Å². The normalized spacial score (nSPS) is 29.1. The lowest BCUT2D eigenvalue weighted by molar-refractivity contribution is -0.182. The largest absolute Gasteiger partial charge is 0.393 e. The van der Waals surface area contributed by atoms with Crippen molar-refractivity contribution in [1.82, 2.24) is 5.32 Å². The molecule has 1 aliphatic carbocycles. The first-order chi connectivity index (χ1) is 7.39. The minimum Gasteiger partial charge on any atom is -0.393 e. The van der Waals surface area contributed by atoms with Crippen LogP contribution in [0.15, 0.2) is 0 Å². The summed E-state index contributed by atoms with van der Waals surface area (Å²) in [4.78, 5) is 0. The number of hydrogen-bond acceptors (Lipinski definition) is 2. The Hall–Kier alpha value is -0.290. The summed E-state index contributed by atoms with van der Waals surface area (Å²) in [6.45, 7) is 2.39. The van der Waals surface area contributed by atoms with Crippen molar-refractivity contribution in [2.24, 2.45) is 5.92 Å². The molecule has 0 aromatic rings. The second kappa shape index (κ2) is 5.87. The van der Waals surface area contributed by atoms with E-state index in [1.165, 1.54) is 0 Å². The molecule has 0 spiro atoms. The van der Waals surface area contributed by atoms with Crippen LogP contribution in [-0.2, 0) is 0 Å². The first-order valence-corrected chi connectivity index (χ1v) is 5.87. The van der Waals surface area contributed by atoms with Gasteiger partial charge in [0.15, 0.2) is 0 Å². The summed E-state index contributed by atoms with van der Waals surface area (Å²) in [5, 5.41) is 12.2. The third-order valence-corrected chi connectivity index (χ3v) is 3.19. The molecule has 1 saturated carbocycles. The lowest BCUT2D eigenvalue weighted by Gasteiger charge is -2.30. The van der Waals surface area contributed by atoms with Crippen LogP contribution in [0.5, 0.6) is 0 Å². The Morgan fingerprint density at radius 1 is 1.25 bits per heavy atom. The maximum Gasteiger partial charge on any atom is 0.391 e. The number of rotatable bonds is 4. The van der Waals surface area contributed by atoms with Crippen LogP contribution < -0.4 is 5.32 Å². The predicted octanol–water partition coefficient (Wildman–Crippen LogP) is 2.47. The monoisotopic (exact) mass is 239 g/mol. The van der Waals surface area contributed by atoms with Crippen molar-refractivity contribution in [3.63, 3.8) is 0 Å². The van der Waals surface area contributed by atoms with E-state index in [2.05, 4.69) is 5.32 Å². The minimum absolute atomic E-state index is 0.192. The Bertz CT molecular complexity index is 198. The van der Waals surface area contributed by atoms with Crippen molar-refractivity contribution in [3.8, 4) is 0 Å². The molecular formula is C11H20F3NO. The highest BCUT2D eigenvalue weighted by molar-refractivity contribution is 4.80. The van der Waals surface area contributed by atoms with Gasteiger partial charge in [-0.25, -0.2) is 0 Å². The maximum absolute atomic E-state index is 12.4. The van der Waals surface area contributed by atoms with Crippen LogP contribution in [0.25, 0.3) is 0 Å². The van der Waals surface area contributed by atoms with Gasteiger partial charge in [-0.3, -0.25) is 0 Å². The Morgan fingerprint density at radius 3 is 2.25 bits per heavy atom. The molecule has 0 aliphatic heterocycles. The number of alkyl halides is 3. The molecule has 0 radical (unpaired) electrons. The highest BCUT2D eigenvalue weighted by Crippen LogP contribution is 2.37. The summed E-state index contributed by atoms with van der Waals surface area (Å²) in [5.41, 5.74) is 0. The van der Waals surface area contributed by atoms with Crippen molar-refractivity contribution in [2.75, 3.05) is 6.54 Å². The molecule has 0 amide bonds. The smallest absolute Gasteiger partial charge is 0.391 e. The molecule has 5 heteroatoms. The van der Waals surface area contributed by atoms with Crippen molar-refractivity contribution in [2.45, 2.75) is 57.3 Å². The van der Waals surface area contributed by atoms with Gasteiger partial charge < -0.3 is 10.4 Å². The quantitative estimate of drug-likeness (QED) is 0.790. The van der Waals surface area contributed by atoms with Crippen LogP contribution in [0, 0.1) is 5.92 Å². The fraction of sp³-hybridized carbons (Fsp3) is 1.00. The van der Waals surface area contributed by atoms with E-state index in [-0.39, 0.29) is 25.0 Å². The van der Waals surface area contributed by atoms with Crippen LogP contribution in [0.1, 0.15) is 39.0 Å². The molecule has 0 heterocycles. The molecule has 1 unspecified atom stereocenters. The zero-order valence-corrected chi connectivity index (χ0v) is 9.56. The van der Waals surface area contributed by atoms with E-state index in [1.54, 1.807) is 6.92 Å².